The predicted molar refractivity (Wildman–Crippen MR) is 235 cm³/mol. The Morgan fingerprint density at radius 2 is 1.53 bits per heavy atom. The molecule has 0 aromatic heterocycles. The summed E-state index contributed by atoms with van der Waals surface area (Å²) >= 11 is 6.05. The van der Waals surface area contributed by atoms with Crippen molar-refractivity contribution >= 4 is 52.8 Å². The first kappa shape index (κ1) is 46.5. The van der Waals surface area contributed by atoms with Crippen LogP contribution in [0.4, 0.5) is 0 Å². The molecule has 326 valence electrons. The lowest BCUT2D eigenvalue weighted by molar-refractivity contribution is -0.142. The van der Waals surface area contributed by atoms with Gasteiger partial charge in [-0.1, -0.05) is 54.1 Å². The molecule has 4 bridgehead atoms. The second kappa shape index (κ2) is 20.8. The topological polar surface area (TPSA) is 229 Å². The first-order chi connectivity index (χ1) is 29.5. The molecule has 6 amide bonds. The summed E-state index contributed by atoms with van der Waals surface area (Å²) < 4.78 is 0. The average Bonchev–Trinajstić information content (AvgIpc) is 3.26. The number of halogens is 1. The van der Waals surface area contributed by atoms with Gasteiger partial charge in [0.2, 0.25) is 29.4 Å². The monoisotopic (exact) mass is 865 g/mol. The number of rotatable bonds is 13. The number of amides is 6. The van der Waals surface area contributed by atoms with E-state index in [-0.39, 0.29) is 18.6 Å². The molecule has 15 nitrogen and oxygen atoms in total. The molecule has 0 fully saturated rings. The number of Topliss-reactive ketones (excluding diaryl/α,β-unsaturated/α-hetero) is 1. The minimum atomic E-state index is -1.35. The molecule has 5 rings (SSSR count). The van der Waals surface area contributed by atoms with Gasteiger partial charge < -0.3 is 42.3 Å². The zero-order valence-electron chi connectivity index (χ0n) is 35.2. The number of hydrogen-bond acceptors (Lipinski definition) is 9. The summed E-state index contributed by atoms with van der Waals surface area (Å²) in [5.74, 6) is -5.29. The van der Waals surface area contributed by atoms with Crippen LogP contribution in [0.1, 0.15) is 66.2 Å². The molecule has 8 N–H and O–H groups in total. The number of hydrogen-bond donors (Lipinski definition) is 7. The number of carbonyl (C=O) groups is 7. The van der Waals surface area contributed by atoms with Crippen LogP contribution in [0, 0.1) is 6.92 Å². The van der Waals surface area contributed by atoms with Crippen molar-refractivity contribution < 1.29 is 38.7 Å². The SMILES string of the molecule is CNC(=O)C(=O)C(C)NC(=O)[C@@H]1Cc2ccc(O)c(c2)-c2cc(ccc2C)[C@H](N(C)C(=O)[C@H](CCCCN)NC(=O)c2ccc(-c3ccc(Cl)cc3)cc2)C(=O)N[C@@H](C)C(=O)N1. The fourth-order valence-corrected chi connectivity index (χ4v) is 7.32. The largest absolute Gasteiger partial charge is 0.507 e. The zero-order valence-corrected chi connectivity index (χ0v) is 36.0. The molecular weight excluding hydrogens is 814 g/mol. The number of nitrogens with one attached hydrogen (secondary N) is 5. The van der Waals surface area contributed by atoms with E-state index in [1.165, 1.54) is 38.9 Å². The van der Waals surface area contributed by atoms with Crippen molar-refractivity contribution in [1.82, 2.24) is 31.5 Å². The van der Waals surface area contributed by atoms with Crippen molar-refractivity contribution in [3.63, 3.8) is 0 Å². The van der Waals surface area contributed by atoms with Crippen LogP contribution in [-0.2, 0) is 35.2 Å². The van der Waals surface area contributed by atoms with Gasteiger partial charge in [-0.2, -0.15) is 0 Å². The number of phenols is 1. The van der Waals surface area contributed by atoms with Crippen LogP contribution < -0.4 is 32.3 Å². The molecule has 4 aromatic carbocycles. The number of unbranched alkanes of at least 4 members (excludes halogenated alkanes) is 1. The quantitative estimate of drug-likeness (QED) is 0.0770. The van der Waals surface area contributed by atoms with Crippen molar-refractivity contribution in [2.24, 2.45) is 5.73 Å². The zero-order chi connectivity index (χ0) is 45.2. The van der Waals surface area contributed by atoms with Gasteiger partial charge in [0.1, 0.15) is 29.9 Å². The fraction of sp³-hybridized carbons (Fsp3) is 0.326. The third-order valence-electron chi connectivity index (χ3n) is 10.8. The summed E-state index contributed by atoms with van der Waals surface area (Å²) in [7, 11) is 2.72. The number of phenolic OH excluding ortho intramolecular Hbond substituents is 1. The van der Waals surface area contributed by atoms with Crippen LogP contribution in [0.15, 0.2) is 84.9 Å². The summed E-state index contributed by atoms with van der Waals surface area (Å²) in [6.45, 7) is 4.92. The lowest BCUT2D eigenvalue weighted by Gasteiger charge is -2.32. The van der Waals surface area contributed by atoms with Gasteiger partial charge >= 0.3 is 0 Å². The van der Waals surface area contributed by atoms with Crippen molar-refractivity contribution in [2.75, 3.05) is 20.6 Å². The summed E-state index contributed by atoms with van der Waals surface area (Å²) in [6.07, 6.45) is 1.18. The fourth-order valence-electron chi connectivity index (χ4n) is 7.20. The molecule has 62 heavy (non-hydrogen) atoms. The Labute approximate surface area is 365 Å². The lowest BCUT2D eigenvalue weighted by Crippen LogP contribution is -2.57. The summed E-state index contributed by atoms with van der Waals surface area (Å²) in [5, 5.41) is 24.7. The number of likely N-dealkylation sites (N-methyl/N-ethyl adjacent to an activating group) is 2. The molecule has 4 aromatic rings. The summed E-state index contributed by atoms with van der Waals surface area (Å²) in [5.41, 5.74) is 10.3. The molecule has 1 aliphatic rings. The first-order valence-electron chi connectivity index (χ1n) is 20.3. The van der Waals surface area contributed by atoms with Gasteiger partial charge in [-0.15, -0.1) is 0 Å². The number of aryl methyl sites for hydroxylation is 1. The van der Waals surface area contributed by atoms with Crippen LogP contribution >= 0.6 is 11.6 Å². The highest BCUT2D eigenvalue weighted by atomic mass is 35.5. The van der Waals surface area contributed by atoms with E-state index in [0.717, 1.165) is 11.1 Å². The van der Waals surface area contributed by atoms with Crippen LogP contribution in [-0.4, -0.2) is 96.0 Å². The predicted octanol–water partition coefficient (Wildman–Crippen LogP) is 3.48. The molecule has 0 aliphatic carbocycles. The number of fused-ring (bicyclic) bond motifs is 5. The Morgan fingerprint density at radius 3 is 2.18 bits per heavy atom. The summed E-state index contributed by atoms with van der Waals surface area (Å²) in [6, 6.07) is 17.7. The molecule has 0 saturated heterocycles. The van der Waals surface area contributed by atoms with Gasteiger partial charge in [0.15, 0.2) is 0 Å². The Bertz CT molecular complexity index is 2340. The molecule has 0 saturated carbocycles. The van der Waals surface area contributed by atoms with E-state index in [9.17, 15) is 38.7 Å². The minimum absolute atomic E-state index is 0.0885. The van der Waals surface area contributed by atoms with Crippen molar-refractivity contribution in [2.45, 2.75) is 76.7 Å². The van der Waals surface area contributed by atoms with Crippen molar-refractivity contribution in [3.8, 4) is 28.0 Å². The van der Waals surface area contributed by atoms with E-state index >= 15 is 0 Å². The standard InChI is InChI=1S/C46H52ClN7O8/c1-25-9-11-32-24-34(25)35-22-28(10-20-38(35)55)23-37(43(59)50-26(2)40(56)45(61)49-4)53-41(57)27(3)51-44(60)39(32)54(5)46(62)36(8-6-7-21-48)52-42(58)31-14-12-29(13-15-31)30-16-18-33(47)19-17-30/h9-20,22,24,26-27,36-37,39,55H,6-8,21,23,48H2,1-5H3,(H,49,61)(H,50,59)(H,51,60)(H,52,58)(H,53,57)/t26?,27-,36-,37-,39-/m0/s1. The highest BCUT2D eigenvalue weighted by molar-refractivity contribution is 6.38. The van der Waals surface area contributed by atoms with Crippen molar-refractivity contribution in [1.29, 1.82) is 0 Å². The lowest BCUT2D eigenvalue weighted by atomic mass is 9.91. The highest BCUT2D eigenvalue weighted by Crippen LogP contribution is 2.36. The number of ketones is 1. The molecule has 1 aliphatic heterocycles. The van der Waals surface area contributed by atoms with E-state index in [1.807, 2.05) is 19.1 Å². The first-order valence-corrected chi connectivity index (χ1v) is 20.6. The smallest absolute Gasteiger partial charge is 0.289 e. The number of nitrogens with two attached hydrogens (primary N) is 1. The van der Waals surface area contributed by atoms with E-state index in [2.05, 4.69) is 26.6 Å². The van der Waals surface area contributed by atoms with Crippen LogP contribution in [0.2, 0.25) is 5.02 Å². The van der Waals surface area contributed by atoms with Gasteiger partial charge in [-0.3, -0.25) is 33.6 Å². The van der Waals surface area contributed by atoms with Crippen LogP contribution in [0.3, 0.4) is 0 Å². The van der Waals surface area contributed by atoms with Gasteiger partial charge in [-0.25, -0.2) is 0 Å². The average molecular weight is 866 g/mol. The van der Waals surface area contributed by atoms with Crippen LogP contribution in [0.25, 0.3) is 22.3 Å². The minimum Gasteiger partial charge on any atom is -0.507 e. The maximum absolute atomic E-state index is 14.6. The highest BCUT2D eigenvalue weighted by Gasteiger charge is 2.36. The Hall–Kier alpha value is -6.58. The Kier molecular flexibility index (Phi) is 15.6. The van der Waals surface area contributed by atoms with Gasteiger partial charge in [0.25, 0.3) is 11.8 Å². The normalized spacial score (nSPS) is 17.2. The third kappa shape index (κ3) is 11.2. The van der Waals surface area contributed by atoms with E-state index in [1.54, 1.807) is 66.7 Å². The molecule has 16 heteroatoms. The number of carbonyl (C=O) groups excluding carboxylic acids is 7. The Balaban J connectivity index is 1.49. The molecule has 1 heterocycles. The molecule has 1 unspecified atom stereocenters. The maximum atomic E-state index is 14.6. The second-order valence-electron chi connectivity index (χ2n) is 15.3. The number of nitrogens with zero attached hydrogens (tertiary/aromatic N) is 1. The Morgan fingerprint density at radius 1 is 0.871 bits per heavy atom. The van der Waals surface area contributed by atoms with Crippen LogP contribution in [0.5, 0.6) is 5.75 Å². The van der Waals surface area contributed by atoms with E-state index in [4.69, 9.17) is 17.3 Å². The number of aromatic hydroxyl groups is 1. The van der Waals surface area contributed by atoms with E-state index < -0.39 is 71.4 Å². The molecule has 0 spiro atoms. The number of benzene rings is 4. The van der Waals surface area contributed by atoms with Gasteiger partial charge in [0, 0.05) is 36.7 Å². The van der Waals surface area contributed by atoms with E-state index in [0.29, 0.717) is 57.8 Å². The second-order valence-corrected chi connectivity index (χ2v) is 15.8. The maximum Gasteiger partial charge on any atom is 0.289 e. The van der Waals surface area contributed by atoms with Gasteiger partial charge in [0.05, 0.1) is 6.04 Å². The van der Waals surface area contributed by atoms with Gasteiger partial charge in [-0.05, 0) is 122 Å². The molecule has 5 atom stereocenters. The molecule has 0 radical (unpaired) electrons. The third-order valence-corrected chi connectivity index (χ3v) is 11.1. The molecular formula is C46H52ClN7O8. The summed E-state index contributed by atoms with van der Waals surface area (Å²) in [4.78, 5) is 95.8. The van der Waals surface area contributed by atoms with Crippen molar-refractivity contribution in [3.05, 3.63) is 112 Å².